The third kappa shape index (κ3) is 3.29. The van der Waals surface area contributed by atoms with Crippen LogP contribution in [0, 0.1) is 11.7 Å². The third-order valence-electron chi connectivity index (χ3n) is 3.81. The number of hydrogen-bond acceptors (Lipinski definition) is 2. The highest BCUT2D eigenvalue weighted by Gasteiger charge is 2.38. The average Bonchev–Trinajstić information content (AvgIpc) is 2.47. The van der Waals surface area contributed by atoms with Gasteiger partial charge in [0.15, 0.2) is 0 Å². The molecular weight excluding hydrogens is 271 g/mol. The summed E-state index contributed by atoms with van der Waals surface area (Å²) in [7, 11) is 1.66. The molecule has 0 aromatic heterocycles. The van der Waals surface area contributed by atoms with E-state index < -0.39 is 6.04 Å². The largest absolute Gasteiger partial charge is 0.352 e. The summed E-state index contributed by atoms with van der Waals surface area (Å²) in [5, 5.41) is 2.76. The summed E-state index contributed by atoms with van der Waals surface area (Å²) in [5.41, 5.74) is 0.643. The van der Waals surface area contributed by atoms with Crippen LogP contribution in [0.2, 0.25) is 0 Å². The maximum absolute atomic E-state index is 13.5. The molecule has 1 aliphatic heterocycles. The van der Waals surface area contributed by atoms with E-state index >= 15 is 0 Å². The zero-order valence-corrected chi connectivity index (χ0v) is 12.0. The van der Waals surface area contributed by atoms with Crippen LogP contribution >= 0.6 is 0 Å². The Morgan fingerprint density at radius 2 is 2.33 bits per heavy atom. The number of amides is 2. The van der Waals surface area contributed by atoms with Gasteiger partial charge in [0.2, 0.25) is 11.8 Å². The molecule has 1 saturated heterocycles. The van der Waals surface area contributed by atoms with Crippen LogP contribution in [0.25, 0.3) is 0 Å². The number of nitrogens with zero attached hydrogens (tertiary/aromatic N) is 1. The minimum atomic E-state index is -0.438. The molecule has 0 saturated carbocycles. The van der Waals surface area contributed by atoms with Crippen molar-refractivity contribution in [2.75, 3.05) is 13.6 Å². The number of nitrogens with one attached hydrogen (secondary N) is 1. The Hall–Kier alpha value is -2.17. The number of carbonyl (C=O) groups excluding carboxylic acids is 2. The highest BCUT2D eigenvalue weighted by molar-refractivity contribution is 5.85. The van der Waals surface area contributed by atoms with Crippen LogP contribution < -0.4 is 5.32 Å². The quantitative estimate of drug-likeness (QED) is 0.863. The molecule has 1 fully saturated rings. The zero-order valence-electron chi connectivity index (χ0n) is 12.0. The average molecular weight is 290 g/mol. The normalized spacial score (nSPS) is 22.0. The van der Waals surface area contributed by atoms with Gasteiger partial charge >= 0.3 is 0 Å². The van der Waals surface area contributed by atoms with E-state index in [0.29, 0.717) is 24.9 Å². The van der Waals surface area contributed by atoms with E-state index in [-0.39, 0.29) is 23.5 Å². The lowest BCUT2D eigenvalue weighted by molar-refractivity contribution is -0.141. The minimum Gasteiger partial charge on any atom is -0.352 e. The Labute approximate surface area is 123 Å². The zero-order chi connectivity index (χ0) is 15.4. The van der Waals surface area contributed by atoms with Gasteiger partial charge in [-0.15, -0.1) is 6.58 Å². The van der Waals surface area contributed by atoms with Crippen LogP contribution in [-0.4, -0.2) is 30.3 Å². The fraction of sp³-hybridized carbons (Fsp3) is 0.375. The fourth-order valence-electron chi connectivity index (χ4n) is 2.76. The van der Waals surface area contributed by atoms with Crippen molar-refractivity contribution in [3.8, 4) is 0 Å². The highest BCUT2D eigenvalue weighted by Crippen LogP contribution is 2.36. The number of rotatable bonds is 4. The molecule has 21 heavy (non-hydrogen) atoms. The van der Waals surface area contributed by atoms with Gasteiger partial charge in [0, 0.05) is 20.0 Å². The molecule has 1 aromatic rings. The Morgan fingerprint density at radius 3 is 3.00 bits per heavy atom. The van der Waals surface area contributed by atoms with Crippen molar-refractivity contribution in [2.45, 2.75) is 18.9 Å². The number of hydrogen-bond donors (Lipinski definition) is 1. The number of halogens is 1. The molecule has 112 valence electrons. The predicted molar refractivity (Wildman–Crippen MR) is 77.8 cm³/mol. The van der Waals surface area contributed by atoms with Crippen molar-refractivity contribution in [3.05, 3.63) is 48.3 Å². The molecular formula is C16H19FN2O2. The van der Waals surface area contributed by atoms with Gasteiger partial charge < -0.3 is 10.2 Å². The maximum atomic E-state index is 13.5. The van der Waals surface area contributed by atoms with Gasteiger partial charge in [0.25, 0.3) is 0 Å². The Balaban J connectivity index is 2.31. The molecule has 1 N–H and O–H groups in total. The van der Waals surface area contributed by atoms with Gasteiger partial charge in [-0.2, -0.15) is 0 Å². The van der Waals surface area contributed by atoms with Crippen LogP contribution in [0.5, 0.6) is 0 Å². The number of carbonyl (C=O) groups is 2. The van der Waals surface area contributed by atoms with Crippen molar-refractivity contribution in [3.63, 3.8) is 0 Å². The molecule has 2 atom stereocenters. The molecule has 2 rings (SSSR count). The highest BCUT2D eigenvalue weighted by atomic mass is 19.1. The monoisotopic (exact) mass is 290 g/mol. The van der Waals surface area contributed by atoms with Gasteiger partial charge in [-0.3, -0.25) is 9.59 Å². The summed E-state index contributed by atoms with van der Waals surface area (Å²) < 4.78 is 13.5. The molecule has 2 amide bonds. The molecule has 0 spiro atoms. The number of piperidine rings is 1. The lowest BCUT2D eigenvalue weighted by atomic mass is 9.84. The van der Waals surface area contributed by atoms with E-state index in [1.165, 1.54) is 17.0 Å². The van der Waals surface area contributed by atoms with Crippen molar-refractivity contribution >= 4 is 11.8 Å². The molecule has 5 heteroatoms. The van der Waals surface area contributed by atoms with E-state index in [4.69, 9.17) is 0 Å². The second kappa shape index (κ2) is 6.52. The molecule has 4 nitrogen and oxygen atoms in total. The standard InChI is InChI=1S/C16H19FN2O2/c1-3-9-18-16(21)13-7-8-14(20)19(2)15(13)11-5-4-6-12(17)10-11/h3-6,10,13,15H,1,7-9H2,2H3,(H,18,21)/t13-,15+/m1/s1. The Kier molecular flexibility index (Phi) is 4.73. The predicted octanol–water partition coefficient (Wildman–Crippen LogP) is 2.04. The molecule has 0 aliphatic carbocycles. The van der Waals surface area contributed by atoms with Crippen LogP contribution in [0.15, 0.2) is 36.9 Å². The minimum absolute atomic E-state index is 0.0305. The van der Waals surface area contributed by atoms with E-state index in [9.17, 15) is 14.0 Å². The third-order valence-corrected chi connectivity index (χ3v) is 3.81. The molecule has 1 aromatic carbocycles. The Morgan fingerprint density at radius 1 is 1.57 bits per heavy atom. The van der Waals surface area contributed by atoms with E-state index in [1.54, 1.807) is 25.3 Å². The van der Waals surface area contributed by atoms with E-state index in [0.717, 1.165) is 0 Å². The van der Waals surface area contributed by atoms with Crippen molar-refractivity contribution in [1.29, 1.82) is 0 Å². The van der Waals surface area contributed by atoms with Crippen LogP contribution in [0.1, 0.15) is 24.4 Å². The van der Waals surface area contributed by atoms with E-state index in [1.807, 2.05) is 0 Å². The van der Waals surface area contributed by atoms with Crippen molar-refractivity contribution in [2.24, 2.45) is 5.92 Å². The molecule has 1 heterocycles. The summed E-state index contributed by atoms with van der Waals surface area (Å²) in [5.74, 6) is -0.917. The Bertz CT molecular complexity index is 559. The van der Waals surface area contributed by atoms with Gasteiger partial charge in [0.05, 0.1) is 12.0 Å². The van der Waals surface area contributed by atoms with Crippen LogP contribution in [-0.2, 0) is 9.59 Å². The lowest BCUT2D eigenvalue weighted by Crippen LogP contribution is -2.46. The van der Waals surface area contributed by atoms with Gasteiger partial charge in [-0.1, -0.05) is 18.2 Å². The fourth-order valence-corrected chi connectivity index (χ4v) is 2.76. The summed E-state index contributed by atoms with van der Waals surface area (Å²) in [6.45, 7) is 3.94. The molecule has 1 aliphatic rings. The number of likely N-dealkylation sites (tertiary alicyclic amines) is 1. The molecule has 0 radical (unpaired) electrons. The van der Waals surface area contributed by atoms with Crippen LogP contribution in [0.4, 0.5) is 4.39 Å². The van der Waals surface area contributed by atoms with Gasteiger partial charge in [-0.05, 0) is 24.1 Å². The van der Waals surface area contributed by atoms with Crippen LogP contribution in [0.3, 0.4) is 0 Å². The maximum Gasteiger partial charge on any atom is 0.225 e. The molecule has 0 bridgehead atoms. The van der Waals surface area contributed by atoms with Gasteiger partial charge in [0.1, 0.15) is 5.82 Å². The second-order valence-electron chi connectivity index (χ2n) is 5.18. The molecule has 0 unspecified atom stereocenters. The van der Waals surface area contributed by atoms with Crippen molar-refractivity contribution in [1.82, 2.24) is 10.2 Å². The van der Waals surface area contributed by atoms with Gasteiger partial charge in [-0.25, -0.2) is 4.39 Å². The summed E-state index contributed by atoms with van der Waals surface area (Å²) >= 11 is 0. The summed E-state index contributed by atoms with van der Waals surface area (Å²) in [6.07, 6.45) is 2.40. The summed E-state index contributed by atoms with van der Waals surface area (Å²) in [6, 6.07) is 5.63. The topological polar surface area (TPSA) is 49.4 Å². The first kappa shape index (κ1) is 15.2. The first-order chi connectivity index (χ1) is 10.0. The second-order valence-corrected chi connectivity index (χ2v) is 5.18. The first-order valence-corrected chi connectivity index (χ1v) is 6.94. The SMILES string of the molecule is C=CCNC(=O)[C@@H]1CCC(=O)N(C)[C@H]1c1cccc(F)c1. The van der Waals surface area contributed by atoms with E-state index in [2.05, 4.69) is 11.9 Å². The lowest BCUT2D eigenvalue weighted by Gasteiger charge is -2.38. The smallest absolute Gasteiger partial charge is 0.225 e. The summed E-state index contributed by atoms with van der Waals surface area (Å²) in [4.78, 5) is 25.8. The number of benzene rings is 1. The first-order valence-electron chi connectivity index (χ1n) is 6.94. The van der Waals surface area contributed by atoms with Crippen molar-refractivity contribution < 1.29 is 14.0 Å².